The molecule has 0 unspecified atom stereocenters. The van der Waals surface area contributed by atoms with Crippen LogP contribution in [-0.2, 0) is 4.79 Å². The van der Waals surface area contributed by atoms with Crippen LogP contribution in [0.2, 0.25) is 5.02 Å². The summed E-state index contributed by atoms with van der Waals surface area (Å²) in [5, 5.41) is 3.87. The highest BCUT2D eigenvalue weighted by Crippen LogP contribution is 2.32. The van der Waals surface area contributed by atoms with Gasteiger partial charge in [-0.15, -0.1) is 0 Å². The first kappa shape index (κ1) is 18.4. The molecule has 2 aromatic rings. The zero-order chi connectivity index (χ0) is 18.5. The van der Waals surface area contributed by atoms with Crippen molar-refractivity contribution in [3.63, 3.8) is 0 Å². The Hall–Kier alpha value is -2.44. The molecule has 0 spiro atoms. The van der Waals surface area contributed by atoms with Crippen LogP contribution in [0.1, 0.15) is 12.5 Å². The van der Waals surface area contributed by atoms with Crippen molar-refractivity contribution in [1.29, 1.82) is 0 Å². The van der Waals surface area contributed by atoms with Gasteiger partial charge in [0.2, 0.25) is 0 Å². The number of carbonyl (C=O) groups is 1. The van der Waals surface area contributed by atoms with Gasteiger partial charge < -0.3 is 14.8 Å². The van der Waals surface area contributed by atoms with Gasteiger partial charge in [-0.05, 0) is 60.7 Å². The molecule has 134 valence electrons. The Kier molecular flexibility index (Phi) is 5.85. The molecule has 1 saturated heterocycles. The second-order valence-electron chi connectivity index (χ2n) is 5.30. The molecule has 5 nitrogen and oxygen atoms in total. The van der Waals surface area contributed by atoms with Crippen LogP contribution >= 0.6 is 23.4 Å². The van der Waals surface area contributed by atoms with Crippen molar-refractivity contribution in [2.75, 3.05) is 13.7 Å². The van der Waals surface area contributed by atoms with Crippen molar-refractivity contribution in [3.05, 3.63) is 58.0 Å². The Balaban J connectivity index is 1.82. The Morgan fingerprint density at radius 1 is 1.23 bits per heavy atom. The van der Waals surface area contributed by atoms with E-state index < -0.39 is 0 Å². The lowest BCUT2D eigenvalue weighted by Gasteiger charge is -2.09. The van der Waals surface area contributed by atoms with Crippen LogP contribution < -0.4 is 14.8 Å². The van der Waals surface area contributed by atoms with E-state index in [4.69, 9.17) is 21.1 Å². The van der Waals surface area contributed by atoms with Crippen LogP contribution in [-0.4, -0.2) is 24.8 Å². The monoisotopic (exact) mass is 388 g/mol. The number of nitrogens with zero attached hydrogens (tertiary/aromatic N) is 1. The van der Waals surface area contributed by atoms with Crippen LogP contribution in [0.3, 0.4) is 0 Å². The number of carbonyl (C=O) groups excluding carboxylic acids is 1. The number of hydrogen-bond donors (Lipinski definition) is 1. The Morgan fingerprint density at radius 2 is 2.08 bits per heavy atom. The van der Waals surface area contributed by atoms with Crippen LogP contribution in [0.5, 0.6) is 11.5 Å². The smallest absolute Gasteiger partial charge is 0.264 e. The molecule has 1 aliphatic heterocycles. The SMILES string of the molecule is CCOc1ccc(/C=C2\SC(=Nc3cccc(Cl)c3)NC2=O)cc1OC. The fourth-order valence-electron chi connectivity index (χ4n) is 2.34. The van der Waals surface area contributed by atoms with E-state index in [0.717, 1.165) is 5.56 Å². The van der Waals surface area contributed by atoms with Gasteiger partial charge in [0.15, 0.2) is 16.7 Å². The third-order valence-corrected chi connectivity index (χ3v) is 4.62. The zero-order valence-corrected chi connectivity index (χ0v) is 15.9. The molecule has 3 rings (SSSR count). The number of ether oxygens (including phenoxy) is 2. The van der Waals surface area contributed by atoms with E-state index in [2.05, 4.69) is 10.3 Å². The maximum atomic E-state index is 12.2. The van der Waals surface area contributed by atoms with E-state index >= 15 is 0 Å². The molecule has 0 saturated carbocycles. The lowest BCUT2D eigenvalue weighted by atomic mass is 10.2. The third kappa shape index (κ3) is 4.39. The van der Waals surface area contributed by atoms with Crippen LogP contribution in [0.25, 0.3) is 6.08 Å². The highest BCUT2D eigenvalue weighted by Gasteiger charge is 2.24. The molecule has 7 heteroatoms. The van der Waals surface area contributed by atoms with Crippen LogP contribution in [0.4, 0.5) is 5.69 Å². The fourth-order valence-corrected chi connectivity index (χ4v) is 3.37. The summed E-state index contributed by atoms with van der Waals surface area (Å²) in [5.74, 6) is 1.10. The van der Waals surface area contributed by atoms with Gasteiger partial charge in [0.25, 0.3) is 5.91 Å². The number of hydrogen-bond acceptors (Lipinski definition) is 5. The van der Waals surface area contributed by atoms with Crippen molar-refractivity contribution >= 4 is 46.2 Å². The van der Waals surface area contributed by atoms with Crippen LogP contribution in [0.15, 0.2) is 52.4 Å². The summed E-state index contributed by atoms with van der Waals surface area (Å²) in [4.78, 5) is 17.2. The summed E-state index contributed by atoms with van der Waals surface area (Å²) in [6.45, 7) is 2.47. The Bertz CT molecular complexity index is 896. The number of methoxy groups -OCH3 is 1. The highest BCUT2D eigenvalue weighted by atomic mass is 35.5. The molecule has 0 aliphatic carbocycles. The second kappa shape index (κ2) is 8.29. The van der Waals surface area contributed by atoms with Gasteiger partial charge in [-0.2, -0.15) is 0 Å². The number of rotatable bonds is 5. The van der Waals surface area contributed by atoms with E-state index in [1.165, 1.54) is 11.8 Å². The number of amidine groups is 1. The lowest BCUT2D eigenvalue weighted by molar-refractivity contribution is -0.115. The predicted molar refractivity (Wildman–Crippen MR) is 106 cm³/mol. The van der Waals surface area contributed by atoms with Gasteiger partial charge in [-0.25, -0.2) is 4.99 Å². The molecule has 0 bridgehead atoms. The van der Waals surface area contributed by atoms with Crippen molar-refractivity contribution in [3.8, 4) is 11.5 Å². The number of amides is 1. The highest BCUT2D eigenvalue weighted by molar-refractivity contribution is 8.18. The molecule has 1 N–H and O–H groups in total. The summed E-state index contributed by atoms with van der Waals surface area (Å²) in [6.07, 6.45) is 1.79. The number of halogens is 1. The van der Waals surface area contributed by atoms with Crippen LogP contribution in [0, 0.1) is 0 Å². The zero-order valence-electron chi connectivity index (χ0n) is 14.3. The molecule has 1 aliphatic rings. The first-order valence-corrected chi connectivity index (χ1v) is 9.14. The Labute approximate surface area is 161 Å². The summed E-state index contributed by atoms with van der Waals surface area (Å²) in [6, 6.07) is 12.7. The molecule has 26 heavy (non-hydrogen) atoms. The minimum Gasteiger partial charge on any atom is -0.493 e. The Morgan fingerprint density at radius 3 is 2.81 bits per heavy atom. The lowest BCUT2D eigenvalue weighted by Crippen LogP contribution is -2.19. The first-order chi connectivity index (χ1) is 12.6. The molecule has 2 aromatic carbocycles. The van der Waals surface area contributed by atoms with Crippen molar-refractivity contribution in [2.24, 2.45) is 4.99 Å². The molecule has 0 atom stereocenters. The summed E-state index contributed by atoms with van der Waals surface area (Å²) < 4.78 is 10.9. The van der Waals surface area contributed by atoms with E-state index in [0.29, 0.717) is 38.9 Å². The standard InChI is InChI=1S/C19H17ClN2O3S/c1-3-25-15-8-7-12(9-16(15)24-2)10-17-18(23)22-19(26-17)21-14-6-4-5-13(20)11-14/h4-11H,3H2,1-2H3,(H,21,22,23)/b17-10-. The largest absolute Gasteiger partial charge is 0.493 e. The van der Waals surface area contributed by atoms with Gasteiger partial charge in [0.05, 0.1) is 24.3 Å². The normalized spacial score (nSPS) is 16.8. The van der Waals surface area contributed by atoms with Crippen molar-refractivity contribution in [2.45, 2.75) is 6.92 Å². The average Bonchev–Trinajstić information content (AvgIpc) is 2.95. The van der Waals surface area contributed by atoms with Gasteiger partial charge in [-0.3, -0.25) is 4.79 Å². The average molecular weight is 389 g/mol. The van der Waals surface area contributed by atoms with E-state index in [1.807, 2.05) is 37.3 Å². The molecular weight excluding hydrogens is 372 g/mol. The summed E-state index contributed by atoms with van der Waals surface area (Å²) >= 11 is 7.24. The number of thioether (sulfide) groups is 1. The van der Waals surface area contributed by atoms with Gasteiger partial charge in [0.1, 0.15) is 0 Å². The topological polar surface area (TPSA) is 59.9 Å². The molecule has 1 fully saturated rings. The van der Waals surface area contributed by atoms with E-state index in [9.17, 15) is 4.79 Å². The third-order valence-electron chi connectivity index (χ3n) is 3.48. The van der Waals surface area contributed by atoms with Gasteiger partial charge in [-0.1, -0.05) is 23.7 Å². The van der Waals surface area contributed by atoms with E-state index in [1.54, 1.807) is 25.3 Å². The minimum absolute atomic E-state index is 0.191. The molecule has 0 radical (unpaired) electrons. The molecule has 0 aromatic heterocycles. The number of benzene rings is 2. The predicted octanol–water partition coefficient (Wildman–Crippen LogP) is 4.64. The van der Waals surface area contributed by atoms with Crippen molar-refractivity contribution in [1.82, 2.24) is 5.32 Å². The molecule has 1 heterocycles. The number of nitrogens with one attached hydrogen (secondary N) is 1. The van der Waals surface area contributed by atoms with Gasteiger partial charge >= 0.3 is 0 Å². The van der Waals surface area contributed by atoms with E-state index in [-0.39, 0.29) is 5.91 Å². The fraction of sp³-hybridized carbons (Fsp3) is 0.158. The minimum atomic E-state index is -0.191. The maximum absolute atomic E-state index is 12.2. The molecular formula is C19H17ClN2O3S. The number of aliphatic imine (C=N–C) groups is 1. The quantitative estimate of drug-likeness (QED) is 0.758. The summed E-state index contributed by atoms with van der Waals surface area (Å²) in [7, 11) is 1.58. The van der Waals surface area contributed by atoms with Crippen molar-refractivity contribution < 1.29 is 14.3 Å². The maximum Gasteiger partial charge on any atom is 0.264 e. The second-order valence-corrected chi connectivity index (χ2v) is 6.77. The first-order valence-electron chi connectivity index (χ1n) is 7.95. The molecule has 1 amide bonds. The van der Waals surface area contributed by atoms with Gasteiger partial charge in [0, 0.05) is 5.02 Å². The summed E-state index contributed by atoms with van der Waals surface area (Å²) in [5.41, 5.74) is 1.52.